The van der Waals surface area contributed by atoms with Crippen LogP contribution >= 0.6 is 23.2 Å². The van der Waals surface area contributed by atoms with E-state index in [-0.39, 0.29) is 18.0 Å². The van der Waals surface area contributed by atoms with Crippen molar-refractivity contribution in [3.63, 3.8) is 0 Å². The van der Waals surface area contributed by atoms with Crippen LogP contribution in [-0.2, 0) is 11.2 Å². The number of nitrogens with two attached hydrogens (primary N) is 1. The molecule has 2 aliphatic carbocycles. The molecule has 6 nitrogen and oxygen atoms in total. The number of carbonyl (C=O) groups excluding carboxylic acids is 1. The second-order valence-electron chi connectivity index (χ2n) is 12.7. The second-order valence-corrected chi connectivity index (χ2v) is 13.6. The molecule has 0 bridgehead atoms. The number of benzene rings is 3. The zero-order chi connectivity index (χ0) is 33.3. The third kappa shape index (κ3) is 10.6. The monoisotopic (exact) mass is 669 g/mol. The van der Waals surface area contributed by atoms with Crippen LogP contribution in [0.25, 0.3) is 10.9 Å². The molecular formula is C39H41Cl2N3O3. The number of hydrogen-bond donors (Lipinski definition) is 5. The van der Waals surface area contributed by atoms with E-state index in [2.05, 4.69) is 46.1 Å². The molecule has 2 fully saturated rings. The Morgan fingerprint density at radius 2 is 1.47 bits per heavy atom. The van der Waals surface area contributed by atoms with Gasteiger partial charge in [-0.3, -0.25) is 4.79 Å². The maximum atomic E-state index is 12.5. The third-order valence-corrected chi connectivity index (χ3v) is 9.06. The molecule has 47 heavy (non-hydrogen) atoms. The van der Waals surface area contributed by atoms with Gasteiger partial charge in [0.25, 0.3) is 0 Å². The first-order valence-corrected chi connectivity index (χ1v) is 17.0. The molecular weight excluding hydrogens is 629 g/mol. The van der Waals surface area contributed by atoms with E-state index in [1.54, 1.807) is 24.3 Å². The average molecular weight is 671 g/mol. The van der Waals surface area contributed by atoms with E-state index >= 15 is 0 Å². The van der Waals surface area contributed by atoms with Crippen LogP contribution in [0, 0.1) is 23.7 Å². The molecule has 6 N–H and O–H groups in total. The number of H-pyrrole nitrogens is 1. The minimum Gasteiger partial charge on any atom is -0.378 e. The molecule has 0 unspecified atom stereocenters. The lowest BCUT2D eigenvalue weighted by atomic mass is 9.82. The van der Waals surface area contributed by atoms with Crippen LogP contribution in [0.4, 0.5) is 0 Å². The van der Waals surface area contributed by atoms with Crippen LogP contribution in [0.3, 0.4) is 0 Å². The highest BCUT2D eigenvalue weighted by Gasteiger charge is 2.33. The second kappa shape index (κ2) is 15.9. The van der Waals surface area contributed by atoms with Gasteiger partial charge in [0.15, 0.2) is 0 Å². The number of hydrogen-bond acceptors (Lipinski definition) is 4. The van der Waals surface area contributed by atoms with Crippen LogP contribution < -0.4 is 11.1 Å². The lowest BCUT2D eigenvalue weighted by Crippen LogP contribution is -2.45. The van der Waals surface area contributed by atoms with Crippen molar-refractivity contribution >= 4 is 40.0 Å². The zero-order valence-corrected chi connectivity index (χ0v) is 27.9. The van der Waals surface area contributed by atoms with E-state index < -0.39 is 11.2 Å². The summed E-state index contributed by atoms with van der Waals surface area (Å²) < 4.78 is 0. The molecule has 6 rings (SSSR count). The highest BCUT2D eigenvalue weighted by Crippen LogP contribution is 2.29. The number of para-hydroxylation sites is 1. The summed E-state index contributed by atoms with van der Waals surface area (Å²) in [6.45, 7) is 0. The Labute approximate surface area is 287 Å². The maximum absolute atomic E-state index is 12.5. The molecule has 2 aliphatic rings. The largest absolute Gasteiger partial charge is 0.378 e. The Bertz CT molecular complexity index is 1780. The van der Waals surface area contributed by atoms with Crippen LogP contribution in [0.15, 0.2) is 78.9 Å². The summed E-state index contributed by atoms with van der Waals surface area (Å²) in [5.41, 5.74) is 7.58. The lowest BCUT2D eigenvalue weighted by molar-refractivity contribution is -0.122. The summed E-state index contributed by atoms with van der Waals surface area (Å²) >= 11 is 11.9. The van der Waals surface area contributed by atoms with Crippen molar-refractivity contribution in [3.8, 4) is 23.7 Å². The van der Waals surface area contributed by atoms with Crippen molar-refractivity contribution in [1.29, 1.82) is 0 Å². The van der Waals surface area contributed by atoms with Gasteiger partial charge in [0.1, 0.15) is 11.2 Å². The first kappa shape index (κ1) is 34.6. The van der Waals surface area contributed by atoms with Crippen molar-refractivity contribution in [2.24, 2.45) is 5.73 Å². The maximum Gasteiger partial charge on any atom is 0.220 e. The lowest BCUT2D eigenvalue weighted by Gasteiger charge is -2.33. The summed E-state index contributed by atoms with van der Waals surface area (Å²) in [4.78, 5) is 15.8. The van der Waals surface area contributed by atoms with Crippen LogP contribution in [0.5, 0.6) is 0 Å². The third-order valence-electron chi connectivity index (χ3n) is 8.59. The van der Waals surface area contributed by atoms with E-state index in [9.17, 15) is 15.0 Å². The number of nitrogens with one attached hydrogen (secondary N) is 2. The van der Waals surface area contributed by atoms with Gasteiger partial charge in [0.05, 0.1) is 0 Å². The molecule has 4 atom stereocenters. The summed E-state index contributed by atoms with van der Waals surface area (Å²) in [6, 6.07) is 24.8. The minimum atomic E-state index is -1.09. The van der Waals surface area contributed by atoms with Gasteiger partial charge in [0.2, 0.25) is 5.91 Å². The van der Waals surface area contributed by atoms with E-state index in [1.165, 1.54) is 0 Å². The Hall–Kier alpha value is -3.75. The van der Waals surface area contributed by atoms with Gasteiger partial charge in [-0.05, 0) is 98.9 Å². The predicted octanol–water partition coefficient (Wildman–Crippen LogP) is 6.92. The highest BCUT2D eigenvalue weighted by atomic mass is 35.5. The molecule has 0 saturated heterocycles. The first-order valence-electron chi connectivity index (χ1n) is 16.2. The summed E-state index contributed by atoms with van der Waals surface area (Å²) in [7, 11) is 0. The summed E-state index contributed by atoms with van der Waals surface area (Å²) in [5.74, 6) is 12.0. The molecule has 0 spiro atoms. The minimum absolute atomic E-state index is 0.00528. The number of aromatic amines is 1. The number of fused-ring (bicyclic) bond motifs is 1. The smallest absolute Gasteiger partial charge is 0.220 e. The SMILES string of the molecule is N[C@H]1CCC[C@@](O)(C#Cc2cccc(Cl)c2)C1.O=C(CCc1cc2ccccc2[nH]1)N[C@H]1CCC[C@@](O)(C#Cc2cccc(Cl)c2)C1. The van der Waals surface area contributed by atoms with Gasteiger partial charge in [0, 0.05) is 63.7 Å². The van der Waals surface area contributed by atoms with E-state index in [4.69, 9.17) is 28.9 Å². The van der Waals surface area contributed by atoms with E-state index in [0.29, 0.717) is 48.6 Å². The molecule has 1 amide bonds. The van der Waals surface area contributed by atoms with Crippen LogP contribution in [0.1, 0.15) is 74.6 Å². The topological polar surface area (TPSA) is 111 Å². The van der Waals surface area contributed by atoms with Gasteiger partial charge < -0.3 is 26.2 Å². The molecule has 4 aromatic rings. The van der Waals surface area contributed by atoms with Crippen molar-refractivity contribution in [2.75, 3.05) is 0 Å². The number of aryl methyl sites for hydroxylation is 1. The van der Waals surface area contributed by atoms with E-state index in [1.807, 2.05) is 42.5 Å². The fourth-order valence-corrected chi connectivity index (χ4v) is 6.60. The quantitative estimate of drug-likeness (QED) is 0.152. The number of aromatic nitrogens is 1. The van der Waals surface area contributed by atoms with Crippen molar-refractivity contribution in [1.82, 2.24) is 10.3 Å². The number of carbonyl (C=O) groups is 1. The van der Waals surface area contributed by atoms with Gasteiger partial charge >= 0.3 is 0 Å². The molecule has 8 heteroatoms. The average Bonchev–Trinajstić information content (AvgIpc) is 3.46. The fourth-order valence-electron chi connectivity index (χ4n) is 6.22. The Balaban J connectivity index is 0.000000216. The Morgan fingerprint density at radius 3 is 2.09 bits per heavy atom. The molecule has 2 saturated carbocycles. The van der Waals surface area contributed by atoms with Crippen molar-refractivity contribution < 1.29 is 15.0 Å². The summed E-state index contributed by atoms with van der Waals surface area (Å²) in [5, 5.41) is 26.7. The number of aliphatic hydroxyl groups is 2. The number of halogens is 2. The zero-order valence-electron chi connectivity index (χ0n) is 26.4. The predicted molar refractivity (Wildman–Crippen MR) is 190 cm³/mol. The normalized spacial score (nSPS) is 23.7. The van der Waals surface area contributed by atoms with Crippen molar-refractivity contribution in [3.05, 3.63) is 106 Å². The Kier molecular flexibility index (Phi) is 11.7. The number of rotatable bonds is 4. The highest BCUT2D eigenvalue weighted by molar-refractivity contribution is 6.31. The standard InChI is InChI=1S/C25H25ClN2O2.C14H16ClNO/c26-20-7-3-5-18(15-20)12-14-25(30)13-4-8-22(17-25)28-24(29)11-10-21-16-19-6-1-2-9-23(19)27-21;15-12-4-1-3-11(9-12)6-8-14(17)7-2-5-13(16)10-14/h1-3,5-7,9,15-16,22,27,30H,4,8,10-11,13,17H2,(H,28,29);1,3-4,9,13,17H,2,5,7,10,16H2/t22-,25+;13-,14+/m00/s1. The number of amides is 1. The van der Waals surface area contributed by atoms with Crippen molar-refractivity contribution in [2.45, 2.75) is 87.5 Å². The van der Waals surface area contributed by atoms with Gasteiger partial charge in [-0.2, -0.15) is 0 Å². The first-order chi connectivity index (χ1) is 22.6. The van der Waals surface area contributed by atoms with Gasteiger partial charge in [-0.15, -0.1) is 0 Å². The van der Waals surface area contributed by atoms with E-state index in [0.717, 1.165) is 53.4 Å². The molecule has 244 valence electrons. The molecule has 0 aliphatic heterocycles. The van der Waals surface area contributed by atoms with Gasteiger partial charge in [-0.1, -0.05) is 77.2 Å². The molecule has 0 radical (unpaired) electrons. The fraction of sp³-hybridized carbons (Fsp3) is 0.359. The Morgan fingerprint density at radius 1 is 0.851 bits per heavy atom. The molecule has 3 aromatic carbocycles. The molecule has 1 heterocycles. The molecule has 1 aromatic heterocycles. The van der Waals surface area contributed by atoms with Crippen LogP contribution in [-0.4, -0.2) is 44.4 Å². The van der Waals surface area contributed by atoms with Gasteiger partial charge in [-0.25, -0.2) is 0 Å². The van der Waals surface area contributed by atoms with Crippen LogP contribution in [0.2, 0.25) is 10.0 Å². The summed E-state index contributed by atoms with van der Waals surface area (Å²) in [6.07, 6.45) is 6.98.